The van der Waals surface area contributed by atoms with E-state index in [1.54, 1.807) is 0 Å². The molecule has 6 rings (SSSR count). The third kappa shape index (κ3) is 3.35. The van der Waals surface area contributed by atoms with Crippen molar-refractivity contribution in [3.8, 4) is 46.5 Å². The molecule has 0 radical (unpaired) electrons. The molecule has 0 aliphatic rings. The lowest BCUT2D eigenvalue weighted by molar-refractivity contribution is 0.560. The number of aromatic nitrogens is 2. The highest BCUT2D eigenvalue weighted by Gasteiger charge is 2.22. The van der Waals surface area contributed by atoms with Gasteiger partial charge in [0.2, 0.25) is 11.1 Å². The molecular formula is C30H12N6O2. The molecule has 2 aromatic heterocycles. The molecule has 2 heterocycles. The predicted octanol–water partition coefficient (Wildman–Crippen LogP) is 4.85. The van der Waals surface area contributed by atoms with Crippen LogP contribution in [0, 0.1) is 45.3 Å². The van der Waals surface area contributed by atoms with E-state index in [4.69, 9.17) is 8.83 Å². The van der Waals surface area contributed by atoms with Crippen LogP contribution < -0.4 is 11.1 Å². The summed E-state index contributed by atoms with van der Waals surface area (Å²) in [4.78, 5) is 8.96. The SMILES string of the molecule is N#CC(C#N)=c1nc2cc3c(-c4ccccc4)c4oc(=C(C#N)C#N)nc4cc3c(-c3ccccc3)c2o1. The van der Waals surface area contributed by atoms with E-state index < -0.39 is 0 Å². The first-order valence-corrected chi connectivity index (χ1v) is 11.3. The number of hydrogen-bond donors (Lipinski definition) is 0. The van der Waals surface area contributed by atoms with Gasteiger partial charge in [0.25, 0.3) is 0 Å². The molecule has 0 atom stereocenters. The fourth-order valence-corrected chi connectivity index (χ4v) is 4.54. The average Bonchev–Trinajstić information content (AvgIpc) is 3.57. The number of rotatable bonds is 2. The van der Waals surface area contributed by atoms with Crippen molar-refractivity contribution < 1.29 is 8.83 Å². The normalized spacial score (nSPS) is 10.5. The molecule has 0 amide bonds. The Morgan fingerprint density at radius 1 is 0.553 bits per heavy atom. The van der Waals surface area contributed by atoms with Crippen LogP contribution in [-0.2, 0) is 0 Å². The number of fused-ring (bicyclic) bond motifs is 3. The van der Waals surface area contributed by atoms with Crippen LogP contribution in [0.2, 0.25) is 0 Å². The van der Waals surface area contributed by atoms with Gasteiger partial charge in [-0.25, -0.2) is 9.97 Å². The molecule has 0 bridgehead atoms. The van der Waals surface area contributed by atoms with E-state index in [0.29, 0.717) is 33.3 Å². The quantitative estimate of drug-likeness (QED) is 0.336. The van der Waals surface area contributed by atoms with Crippen LogP contribution in [0.3, 0.4) is 0 Å². The molecule has 0 spiro atoms. The topological polar surface area (TPSA) is 147 Å². The number of nitrogens with zero attached hydrogens (tertiary/aromatic N) is 6. The summed E-state index contributed by atoms with van der Waals surface area (Å²) < 4.78 is 12.0. The number of hydrogen-bond acceptors (Lipinski definition) is 8. The number of nitriles is 4. The first kappa shape index (κ1) is 22.3. The van der Waals surface area contributed by atoms with Crippen LogP contribution in [0.25, 0.3) is 66.4 Å². The molecule has 0 saturated heterocycles. The lowest BCUT2D eigenvalue weighted by Crippen LogP contribution is -2.03. The molecule has 0 aliphatic heterocycles. The van der Waals surface area contributed by atoms with E-state index in [1.807, 2.05) is 97.1 Å². The number of benzene rings is 4. The van der Waals surface area contributed by atoms with Gasteiger partial charge in [-0.05, 0) is 34.0 Å². The Balaban J connectivity index is 1.91. The molecule has 8 heteroatoms. The molecule has 0 fully saturated rings. The van der Waals surface area contributed by atoms with Crippen LogP contribution >= 0.6 is 0 Å². The summed E-state index contributed by atoms with van der Waals surface area (Å²) in [5, 5.41) is 39.1. The monoisotopic (exact) mass is 488 g/mol. The van der Waals surface area contributed by atoms with Gasteiger partial charge in [0.1, 0.15) is 35.3 Å². The number of oxazole rings is 2. The van der Waals surface area contributed by atoms with E-state index in [9.17, 15) is 21.0 Å². The zero-order valence-electron chi connectivity index (χ0n) is 19.4. The zero-order chi connectivity index (χ0) is 26.2. The molecule has 0 unspecified atom stereocenters. The summed E-state index contributed by atoms with van der Waals surface area (Å²) in [6.45, 7) is 0. The minimum absolute atomic E-state index is 0.0647. The summed E-state index contributed by atoms with van der Waals surface area (Å²) in [5.74, 6) is 0. The fourth-order valence-electron chi connectivity index (χ4n) is 4.54. The van der Waals surface area contributed by atoms with E-state index in [0.717, 1.165) is 21.9 Å². The second-order valence-electron chi connectivity index (χ2n) is 8.26. The highest BCUT2D eigenvalue weighted by Crippen LogP contribution is 2.42. The second-order valence-corrected chi connectivity index (χ2v) is 8.26. The largest absolute Gasteiger partial charge is 0.434 e. The Kier molecular flexibility index (Phi) is 5.14. The Bertz CT molecular complexity index is 2020. The van der Waals surface area contributed by atoms with Crippen molar-refractivity contribution in [1.29, 1.82) is 21.0 Å². The van der Waals surface area contributed by atoms with Crippen LogP contribution in [-0.4, -0.2) is 9.97 Å². The van der Waals surface area contributed by atoms with Gasteiger partial charge in [0, 0.05) is 11.1 Å². The van der Waals surface area contributed by atoms with Crippen molar-refractivity contribution in [3.63, 3.8) is 0 Å². The highest BCUT2D eigenvalue weighted by atomic mass is 16.3. The van der Waals surface area contributed by atoms with Crippen LogP contribution in [0.4, 0.5) is 0 Å². The van der Waals surface area contributed by atoms with Gasteiger partial charge in [-0.1, -0.05) is 60.7 Å². The predicted molar refractivity (Wildman–Crippen MR) is 138 cm³/mol. The van der Waals surface area contributed by atoms with Crippen molar-refractivity contribution in [2.45, 2.75) is 0 Å². The Hall–Kier alpha value is -6.22. The van der Waals surface area contributed by atoms with Crippen molar-refractivity contribution in [1.82, 2.24) is 9.97 Å². The van der Waals surface area contributed by atoms with Crippen molar-refractivity contribution in [2.75, 3.05) is 0 Å². The molecule has 38 heavy (non-hydrogen) atoms. The molecule has 4 aromatic carbocycles. The lowest BCUT2D eigenvalue weighted by atomic mass is 9.91. The lowest BCUT2D eigenvalue weighted by Gasteiger charge is -2.12. The van der Waals surface area contributed by atoms with E-state index >= 15 is 0 Å². The maximum atomic E-state index is 9.41. The second kappa shape index (κ2) is 8.77. The van der Waals surface area contributed by atoms with Crippen LogP contribution in [0.5, 0.6) is 0 Å². The molecule has 6 aromatic rings. The Morgan fingerprint density at radius 2 is 0.921 bits per heavy atom. The smallest absolute Gasteiger partial charge is 0.249 e. The van der Waals surface area contributed by atoms with E-state index in [-0.39, 0.29) is 22.2 Å². The fraction of sp³-hybridized carbons (Fsp3) is 0. The Labute approximate surface area is 214 Å². The summed E-state index contributed by atoms with van der Waals surface area (Å²) in [7, 11) is 0. The third-order valence-corrected chi connectivity index (χ3v) is 6.15. The maximum Gasteiger partial charge on any atom is 0.249 e. The molecule has 174 valence electrons. The van der Waals surface area contributed by atoms with Crippen LogP contribution in [0.15, 0.2) is 81.6 Å². The van der Waals surface area contributed by atoms with E-state index in [2.05, 4.69) is 9.97 Å². The molecule has 8 nitrogen and oxygen atoms in total. The van der Waals surface area contributed by atoms with Gasteiger partial charge in [0.15, 0.2) is 22.3 Å². The molecule has 0 saturated carbocycles. The molecule has 0 N–H and O–H groups in total. The molecular weight excluding hydrogens is 476 g/mol. The minimum atomic E-state index is -0.233. The van der Waals surface area contributed by atoms with Crippen LogP contribution in [0.1, 0.15) is 0 Å². The van der Waals surface area contributed by atoms with Gasteiger partial charge in [0.05, 0.1) is 0 Å². The average molecular weight is 488 g/mol. The van der Waals surface area contributed by atoms with Crippen molar-refractivity contribution in [3.05, 3.63) is 83.9 Å². The maximum absolute atomic E-state index is 9.41. The minimum Gasteiger partial charge on any atom is -0.434 e. The summed E-state index contributed by atoms with van der Waals surface area (Å²) in [6, 6.07) is 30.0. The molecule has 0 aliphatic carbocycles. The van der Waals surface area contributed by atoms with Gasteiger partial charge < -0.3 is 8.83 Å². The zero-order valence-corrected chi connectivity index (χ0v) is 19.4. The third-order valence-electron chi connectivity index (χ3n) is 6.15. The van der Waals surface area contributed by atoms with Gasteiger partial charge in [-0.2, -0.15) is 21.0 Å². The van der Waals surface area contributed by atoms with Gasteiger partial charge in [-0.3, -0.25) is 0 Å². The summed E-state index contributed by atoms with van der Waals surface area (Å²) in [5.41, 5.74) is 4.16. The highest BCUT2D eigenvalue weighted by molar-refractivity contribution is 6.19. The van der Waals surface area contributed by atoms with Crippen molar-refractivity contribution in [2.24, 2.45) is 0 Å². The van der Waals surface area contributed by atoms with Gasteiger partial charge >= 0.3 is 0 Å². The standard InChI is InChI=1S/C30H12N6O2/c31-13-19(14-32)29-35-23-12-22-21(25(27(23)37-29)17-7-3-1-4-8-17)11-24-28(26(22)18-9-5-2-6-10-18)38-30(36-24)20(15-33)16-34/h1-12H. The first-order chi connectivity index (χ1) is 18.7. The van der Waals surface area contributed by atoms with Crippen molar-refractivity contribution >= 4 is 44.1 Å². The Morgan fingerprint density at radius 3 is 1.26 bits per heavy atom. The van der Waals surface area contributed by atoms with E-state index in [1.165, 1.54) is 0 Å². The summed E-state index contributed by atoms with van der Waals surface area (Å²) in [6.07, 6.45) is 0. The summed E-state index contributed by atoms with van der Waals surface area (Å²) >= 11 is 0. The van der Waals surface area contributed by atoms with Gasteiger partial charge in [-0.15, -0.1) is 0 Å². The first-order valence-electron chi connectivity index (χ1n) is 11.3.